The van der Waals surface area contributed by atoms with E-state index < -0.39 is 60.3 Å². The molecule has 0 heterocycles. The molecule has 0 saturated carbocycles. The zero-order valence-electron chi connectivity index (χ0n) is 25.8. The first-order valence-electron chi connectivity index (χ1n) is 14.7. The molecule has 0 bridgehead atoms. The molecule has 3 unspecified atom stereocenters. The molecule has 11 nitrogen and oxygen atoms in total. The predicted octanol–water partition coefficient (Wildman–Crippen LogP) is 3.90. The number of nitrogens with one attached hydrogen (secondary N) is 3. The number of carbonyl (C=O) groups is 4. The second-order valence-electron chi connectivity index (χ2n) is 11.6. The highest BCUT2D eigenvalue weighted by Crippen LogP contribution is 2.22. The summed E-state index contributed by atoms with van der Waals surface area (Å²) in [5.41, 5.74) is 6.94. The zero-order valence-corrected chi connectivity index (χ0v) is 25.8. The van der Waals surface area contributed by atoms with Crippen LogP contribution in [0.4, 0.5) is 9.59 Å². The van der Waals surface area contributed by atoms with E-state index in [0.717, 1.165) is 16.7 Å². The topological polar surface area (TPSA) is 169 Å². The number of alkyl carbamates (subject to hydrolysis) is 2. The van der Waals surface area contributed by atoms with Gasteiger partial charge in [0.1, 0.15) is 18.2 Å². The number of hydrogen-bond acceptors (Lipinski definition) is 7. The molecular weight excluding hydrogens is 576 g/mol. The van der Waals surface area contributed by atoms with Crippen LogP contribution in [0.2, 0.25) is 0 Å². The van der Waals surface area contributed by atoms with E-state index in [1.807, 2.05) is 66.7 Å². The Bertz CT molecular complexity index is 1380. The Morgan fingerprint density at radius 2 is 1.33 bits per heavy atom. The summed E-state index contributed by atoms with van der Waals surface area (Å²) in [5.74, 6) is -1.55. The van der Waals surface area contributed by atoms with E-state index in [2.05, 4.69) is 16.0 Å². The van der Waals surface area contributed by atoms with Crippen LogP contribution in [0, 0.1) is 0 Å². The van der Waals surface area contributed by atoms with Crippen molar-refractivity contribution < 1.29 is 33.8 Å². The third-order valence-corrected chi connectivity index (χ3v) is 6.69. The third kappa shape index (κ3) is 12.7. The Hall–Kier alpha value is -4.90. The minimum Gasteiger partial charge on any atom is -0.445 e. The highest BCUT2D eigenvalue weighted by Gasteiger charge is 2.31. The van der Waals surface area contributed by atoms with Crippen molar-refractivity contribution in [3.63, 3.8) is 0 Å². The molecule has 0 aliphatic rings. The second-order valence-corrected chi connectivity index (χ2v) is 11.6. The van der Waals surface area contributed by atoms with Crippen molar-refractivity contribution in [1.29, 1.82) is 0 Å². The highest BCUT2D eigenvalue weighted by molar-refractivity contribution is 5.90. The van der Waals surface area contributed by atoms with Crippen molar-refractivity contribution in [1.82, 2.24) is 16.0 Å². The van der Waals surface area contributed by atoms with Gasteiger partial charge in [0.15, 0.2) is 0 Å². The fourth-order valence-electron chi connectivity index (χ4n) is 4.57. The van der Waals surface area contributed by atoms with Crippen LogP contribution in [0.3, 0.4) is 0 Å². The first kappa shape index (κ1) is 34.6. The van der Waals surface area contributed by atoms with Crippen molar-refractivity contribution in [3.8, 4) is 0 Å². The molecule has 45 heavy (non-hydrogen) atoms. The number of amides is 4. The number of carbonyl (C=O) groups excluding carboxylic acids is 4. The van der Waals surface area contributed by atoms with Gasteiger partial charge in [-0.3, -0.25) is 9.59 Å². The largest absolute Gasteiger partial charge is 0.445 e. The molecule has 3 aromatic rings. The van der Waals surface area contributed by atoms with Crippen molar-refractivity contribution >= 4 is 24.0 Å². The van der Waals surface area contributed by atoms with Gasteiger partial charge in [-0.1, -0.05) is 91.0 Å². The van der Waals surface area contributed by atoms with Crippen LogP contribution in [0.1, 0.15) is 56.3 Å². The Kier molecular flexibility index (Phi) is 12.9. The lowest BCUT2D eigenvalue weighted by molar-refractivity contribution is -0.128. The van der Waals surface area contributed by atoms with E-state index in [0.29, 0.717) is 0 Å². The lowest BCUT2D eigenvalue weighted by atomic mass is 9.93. The molecule has 3 aromatic carbocycles. The summed E-state index contributed by atoms with van der Waals surface area (Å²) < 4.78 is 10.7. The lowest BCUT2D eigenvalue weighted by Crippen LogP contribution is -2.54. The van der Waals surface area contributed by atoms with Gasteiger partial charge in [0.05, 0.1) is 24.6 Å². The lowest BCUT2D eigenvalue weighted by Gasteiger charge is -2.30. The summed E-state index contributed by atoms with van der Waals surface area (Å²) in [7, 11) is 0. The average Bonchev–Trinajstić information content (AvgIpc) is 2.99. The molecule has 240 valence electrons. The van der Waals surface area contributed by atoms with Crippen molar-refractivity contribution in [3.05, 3.63) is 108 Å². The smallest absolute Gasteiger partial charge is 0.408 e. The van der Waals surface area contributed by atoms with Crippen LogP contribution in [0.5, 0.6) is 0 Å². The molecule has 4 amide bonds. The minimum absolute atomic E-state index is 0.00800. The Morgan fingerprint density at radius 3 is 1.89 bits per heavy atom. The monoisotopic (exact) mass is 618 g/mol. The number of aliphatic hydroxyl groups excluding tert-OH is 1. The number of rotatable bonds is 14. The molecular formula is C34H42N4O7. The van der Waals surface area contributed by atoms with E-state index in [1.165, 1.54) is 0 Å². The molecule has 0 aromatic heterocycles. The minimum atomic E-state index is -1.36. The maximum atomic E-state index is 13.5. The molecule has 0 spiro atoms. The quantitative estimate of drug-likeness (QED) is 0.182. The number of ether oxygens (including phenoxy) is 2. The molecule has 0 fully saturated rings. The summed E-state index contributed by atoms with van der Waals surface area (Å²) in [4.78, 5) is 50.6. The first-order chi connectivity index (χ1) is 21.4. The van der Waals surface area contributed by atoms with Gasteiger partial charge >= 0.3 is 12.2 Å². The molecule has 11 heteroatoms. The van der Waals surface area contributed by atoms with Gasteiger partial charge in [0, 0.05) is 0 Å². The molecule has 6 N–H and O–H groups in total. The van der Waals surface area contributed by atoms with Gasteiger partial charge in [-0.05, 0) is 50.3 Å². The van der Waals surface area contributed by atoms with Crippen LogP contribution in [0.15, 0.2) is 91.0 Å². The molecule has 0 radical (unpaired) electrons. The summed E-state index contributed by atoms with van der Waals surface area (Å²) in [6.45, 7) is 5.20. The molecule has 4 atom stereocenters. The van der Waals surface area contributed by atoms with Gasteiger partial charge in [-0.25, -0.2) is 9.59 Å². The van der Waals surface area contributed by atoms with Crippen molar-refractivity contribution in [2.75, 3.05) is 0 Å². The van der Waals surface area contributed by atoms with Crippen LogP contribution >= 0.6 is 0 Å². The molecule has 0 aliphatic carbocycles. The molecule has 0 saturated heterocycles. The van der Waals surface area contributed by atoms with Crippen LogP contribution < -0.4 is 21.7 Å². The van der Waals surface area contributed by atoms with Crippen molar-refractivity contribution in [2.24, 2.45) is 5.73 Å². The number of aliphatic hydroxyl groups is 1. The Labute approximate surface area is 263 Å². The van der Waals surface area contributed by atoms with Gasteiger partial charge in [-0.2, -0.15) is 0 Å². The first-order valence-corrected chi connectivity index (χ1v) is 14.7. The van der Waals surface area contributed by atoms with E-state index in [4.69, 9.17) is 15.2 Å². The van der Waals surface area contributed by atoms with Gasteiger partial charge in [-0.15, -0.1) is 0 Å². The Balaban J connectivity index is 1.79. The maximum absolute atomic E-state index is 13.5. The standard InChI is InChI=1S/C34H42N4O7/c1-34(2,3)45-33(43)37-26(25-17-11-6-12-18-25)20-29(39)27(19-23-13-7-4-8-14-23)36-31(41)28(21-30(35)40)38-32(42)44-22-24-15-9-5-10-16-24/h4-18,26-29,39H,19-22H2,1-3H3,(H2,35,40)(H,36,41)(H,37,43)(H,38,42)/t26?,27?,28-,29?/m0/s1. The predicted molar refractivity (Wildman–Crippen MR) is 169 cm³/mol. The van der Waals surface area contributed by atoms with Gasteiger partial charge in [0.25, 0.3) is 0 Å². The highest BCUT2D eigenvalue weighted by atomic mass is 16.6. The fourth-order valence-corrected chi connectivity index (χ4v) is 4.57. The number of hydrogen-bond donors (Lipinski definition) is 5. The maximum Gasteiger partial charge on any atom is 0.408 e. The SMILES string of the molecule is CC(C)(C)OC(=O)NC(CC(O)C(Cc1ccccc1)NC(=O)[C@H](CC(N)=O)NC(=O)OCc1ccccc1)c1ccccc1. The zero-order chi connectivity index (χ0) is 32.8. The van der Waals surface area contributed by atoms with Gasteiger partial charge in [0.2, 0.25) is 11.8 Å². The van der Waals surface area contributed by atoms with E-state index >= 15 is 0 Å². The summed E-state index contributed by atoms with van der Waals surface area (Å²) in [5, 5.41) is 19.6. The van der Waals surface area contributed by atoms with Gasteiger partial charge < -0.3 is 36.3 Å². The van der Waals surface area contributed by atoms with Crippen LogP contribution in [-0.2, 0) is 32.1 Å². The number of nitrogens with two attached hydrogens (primary N) is 1. The Morgan fingerprint density at radius 1 is 0.778 bits per heavy atom. The summed E-state index contributed by atoms with van der Waals surface area (Å²) in [6.07, 6.45) is -3.03. The van der Waals surface area contributed by atoms with E-state index in [1.54, 1.807) is 45.0 Å². The number of primary amides is 1. The average molecular weight is 619 g/mol. The fraction of sp³-hybridized carbons (Fsp3) is 0.353. The van der Waals surface area contributed by atoms with Crippen LogP contribution in [0.25, 0.3) is 0 Å². The second kappa shape index (κ2) is 16.8. The number of benzene rings is 3. The third-order valence-electron chi connectivity index (χ3n) is 6.69. The van der Waals surface area contributed by atoms with Crippen molar-refractivity contribution in [2.45, 2.75) is 76.5 Å². The molecule has 0 aliphatic heterocycles. The van der Waals surface area contributed by atoms with E-state index in [9.17, 15) is 24.3 Å². The van der Waals surface area contributed by atoms with E-state index in [-0.39, 0.29) is 19.4 Å². The normalized spacial score (nSPS) is 13.8. The van der Waals surface area contributed by atoms with Crippen LogP contribution in [-0.4, -0.2) is 52.9 Å². The summed E-state index contributed by atoms with van der Waals surface area (Å²) in [6, 6.07) is 24.3. The molecule has 3 rings (SSSR count). The summed E-state index contributed by atoms with van der Waals surface area (Å²) >= 11 is 0.